The molecule has 1 aliphatic rings. The Morgan fingerprint density at radius 3 is 1.92 bits per heavy atom. The van der Waals surface area contributed by atoms with E-state index >= 15 is 0 Å². The van der Waals surface area contributed by atoms with Gasteiger partial charge in [-0.05, 0) is 76.9 Å². The summed E-state index contributed by atoms with van der Waals surface area (Å²) >= 11 is 0. The quantitative estimate of drug-likeness (QED) is 0.186. The van der Waals surface area contributed by atoms with Crippen LogP contribution in [0.2, 0.25) is 0 Å². The standard InChI is InChI=1S/C48H32N4O/c1-48(2)38-19-9-6-15-32(38)36-27-37-33-16-7-10-20-40(33)52(41(37)28-39(36)48)31-25-23-30(24-26-31)46-49-45(29-13-4-3-5-14-29)50-47(51-46)35-18-12-22-43-44(35)34-17-8-11-21-42(34)53-43/h3-28H,1-2H3. The molecule has 0 atom stereocenters. The molecule has 0 saturated heterocycles. The smallest absolute Gasteiger partial charge is 0.164 e. The molecule has 5 heteroatoms. The van der Waals surface area contributed by atoms with Gasteiger partial charge >= 0.3 is 0 Å². The monoisotopic (exact) mass is 680 g/mol. The summed E-state index contributed by atoms with van der Waals surface area (Å²) in [6.07, 6.45) is 0. The van der Waals surface area contributed by atoms with E-state index in [1.165, 1.54) is 44.1 Å². The van der Waals surface area contributed by atoms with E-state index in [9.17, 15) is 0 Å². The van der Waals surface area contributed by atoms with Gasteiger partial charge in [-0.15, -0.1) is 0 Å². The Balaban J connectivity index is 1.08. The first-order valence-electron chi connectivity index (χ1n) is 18.0. The Kier molecular flexibility index (Phi) is 6.23. The Labute approximate surface area is 305 Å². The van der Waals surface area contributed by atoms with Gasteiger partial charge in [-0.1, -0.05) is 117 Å². The van der Waals surface area contributed by atoms with Crippen LogP contribution in [-0.4, -0.2) is 19.5 Å². The number of rotatable bonds is 4. The van der Waals surface area contributed by atoms with Crippen molar-refractivity contribution in [2.45, 2.75) is 19.3 Å². The number of nitrogens with zero attached hydrogens (tertiary/aromatic N) is 4. The summed E-state index contributed by atoms with van der Waals surface area (Å²) in [5.74, 6) is 1.85. The van der Waals surface area contributed by atoms with Crippen LogP contribution in [0.15, 0.2) is 162 Å². The molecule has 5 nitrogen and oxygen atoms in total. The zero-order valence-corrected chi connectivity index (χ0v) is 29.2. The number of furan rings is 1. The Morgan fingerprint density at radius 1 is 0.453 bits per heavy atom. The summed E-state index contributed by atoms with van der Waals surface area (Å²) in [4.78, 5) is 15.2. The first-order valence-corrected chi connectivity index (χ1v) is 18.0. The fourth-order valence-corrected chi connectivity index (χ4v) is 8.50. The molecule has 0 saturated carbocycles. The van der Waals surface area contributed by atoms with Crippen molar-refractivity contribution in [3.63, 3.8) is 0 Å². The molecule has 0 bridgehead atoms. The van der Waals surface area contributed by atoms with Gasteiger partial charge in [0.1, 0.15) is 11.2 Å². The third kappa shape index (κ3) is 4.40. The van der Waals surface area contributed by atoms with Gasteiger partial charge in [0.15, 0.2) is 17.5 Å². The van der Waals surface area contributed by atoms with Gasteiger partial charge in [0.05, 0.1) is 11.0 Å². The molecule has 250 valence electrons. The lowest BCUT2D eigenvalue weighted by atomic mass is 9.82. The second-order valence-corrected chi connectivity index (χ2v) is 14.4. The minimum absolute atomic E-state index is 0.0921. The third-order valence-electron chi connectivity index (χ3n) is 11.1. The molecule has 3 heterocycles. The van der Waals surface area contributed by atoms with Crippen molar-refractivity contribution in [2.75, 3.05) is 0 Å². The number of benzene rings is 7. The lowest BCUT2D eigenvalue weighted by molar-refractivity contribution is 0.661. The second kappa shape index (κ2) is 11.1. The SMILES string of the molecule is CC1(C)c2ccccc2-c2cc3c4ccccc4n(-c4ccc(-c5nc(-c6ccccc6)nc(-c6cccc7oc8ccccc8c67)n5)cc4)c3cc21. The summed E-state index contributed by atoms with van der Waals surface area (Å²) in [5, 5.41) is 4.53. The van der Waals surface area contributed by atoms with Crippen LogP contribution in [0.1, 0.15) is 25.0 Å². The van der Waals surface area contributed by atoms with Crippen molar-refractivity contribution in [2.24, 2.45) is 0 Å². The van der Waals surface area contributed by atoms with Crippen LogP contribution in [0.3, 0.4) is 0 Å². The topological polar surface area (TPSA) is 56.7 Å². The molecule has 0 amide bonds. The Hall–Kier alpha value is -6.85. The number of para-hydroxylation sites is 2. The van der Waals surface area contributed by atoms with E-state index < -0.39 is 0 Å². The Morgan fingerprint density at radius 2 is 1.09 bits per heavy atom. The average Bonchev–Trinajstić information content (AvgIpc) is 3.83. The molecule has 10 aromatic rings. The van der Waals surface area contributed by atoms with Crippen molar-refractivity contribution >= 4 is 43.7 Å². The molecule has 0 spiro atoms. The highest BCUT2D eigenvalue weighted by molar-refractivity contribution is 6.13. The van der Waals surface area contributed by atoms with Gasteiger partial charge in [-0.3, -0.25) is 0 Å². The van der Waals surface area contributed by atoms with Gasteiger partial charge in [0, 0.05) is 49.3 Å². The van der Waals surface area contributed by atoms with Crippen LogP contribution in [-0.2, 0) is 5.41 Å². The van der Waals surface area contributed by atoms with Crippen LogP contribution < -0.4 is 0 Å². The molecule has 0 radical (unpaired) electrons. The minimum atomic E-state index is -0.0921. The van der Waals surface area contributed by atoms with E-state index in [-0.39, 0.29) is 5.41 Å². The summed E-state index contributed by atoms with van der Waals surface area (Å²) in [6.45, 7) is 4.68. The number of fused-ring (bicyclic) bond motifs is 9. The minimum Gasteiger partial charge on any atom is -0.456 e. The molecule has 0 aliphatic heterocycles. The zero-order chi connectivity index (χ0) is 35.3. The number of hydrogen-bond acceptors (Lipinski definition) is 4. The normalized spacial score (nSPS) is 13.2. The van der Waals surface area contributed by atoms with E-state index in [0.717, 1.165) is 44.3 Å². The van der Waals surface area contributed by atoms with Crippen molar-refractivity contribution in [1.82, 2.24) is 19.5 Å². The van der Waals surface area contributed by atoms with Crippen LogP contribution in [0, 0.1) is 0 Å². The highest BCUT2D eigenvalue weighted by atomic mass is 16.3. The van der Waals surface area contributed by atoms with Gasteiger partial charge in [0.2, 0.25) is 0 Å². The number of aromatic nitrogens is 4. The largest absolute Gasteiger partial charge is 0.456 e. The first-order chi connectivity index (χ1) is 26.0. The molecule has 11 rings (SSSR count). The zero-order valence-electron chi connectivity index (χ0n) is 29.2. The molecule has 0 fully saturated rings. The van der Waals surface area contributed by atoms with E-state index in [2.05, 4.69) is 115 Å². The Bertz CT molecular complexity index is 3080. The molecular formula is C48H32N4O. The van der Waals surface area contributed by atoms with E-state index in [4.69, 9.17) is 19.4 Å². The maximum Gasteiger partial charge on any atom is 0.164 e. The highest BCUT2D eigenvalue weighted by Crippen LogP contribution is 2.51. The van der Waals surface area contributed by atoms with Crippen molar-refractivity contribution in [3.8, 4) is 51.0 Å². The van der Waals surface area contributed by atoms with Gasteiger partial charge in [-0.25, -0.2) is 15.0 Å². The molecule has 1 aliphatic carbocycles. The summed E-state index contributed by atoms with van der Waals surface area (Å²) < 4.78 is 8.63. The summed E-state index contributed by atoms with van der Waals surface area (Å²) in [6, 6.07) is 55.3. The van der Waals surface area contributed by atoms with Crippen molar-refractivity contribution < 1.29 is 4.42 Å². The number of hydrogen-bond donors (Lipinski definition) is 0. The third-order valence-corrected chi connectivity index (χ3v) is 11.1. The fraction of sp³-hybridized carbons (Fsp3) is 0.0625. The maximum absolute atomic E-state index is 6.23. The summed E-state index contributed by atoms with van der Waals surface area (Å²) in [7, 11) is 0. The van der Waals surface area contributed by atoms with E-state index in [0.29, 0.717) is 17.5 Å². The molecular weight excluding hydrogens is 649 g/mol. The van der Waals surface area contributed by atoms with E-state index in [1.807, 2.05) is 60.7 Å². The first kappa shape index (κ1) is 29.8. The molecule has 53 heavy (non-hydrogen) atoms. The molecule has 7 aromatic carbocycles. The van der Waals surface area contributed by atoms with Crippen LogP contribution in [0.25, 0.3) is 94.7 Å². The predicted molar refractivity (Wildman–Crippen MR) is 215 cm³/mol. The maximum atomic E-state index is 6.23. The van der Waals surface area contributed by atoms with Gasteiger partial charge in [-0.2, -0.15) is 0 Å². The molecule has 0 N–H and O–H groups in total. The van der Waals surface area contributed by atoms with Crippen molar-refractivity contribution in [3.05, 3.63) is 169 Å². The second-order valence-electron chi connectivity index (χ2n) is 14.4. The highest BCUT2D eigenvalue weighted by Gasteiger charge is 2.36. The van der Waals surface area contributed by atoms with Crippen LogP contribution >= 0.6 is 0 Å². The van der Waals surface area contributed by atoms with Gasteiger partial charge < -0.3 is 8.98 Å². The lowest BCUT2D eigenvalue weighted by Crippen LogP contribution is -2.14. The molecule has 3 aromatic heterocycles. The summed E-state index contributed by atoms with van der Waals surface area (Å²) in [5.41, 5.74) is 13.2. The van der Waals surface area contributed by atoms with Crippen LogP contribution in [0.5, 0.6) is 0 Å². The van der Waals surface area contributed by atoms with E-state index in [1.54, 1.807) is 0 Å². The van der Waals surface area contributed by atoms with Gasteiger partial charge in [0.25, 0.3) is 0 Å². The predicted octanol–water partition coefficient (Wildman–Crippen LogP) is 12.2. The molecule has 0 unspecified atom stereocenters. The average molecular weight is 681 g/mol. The van der Waals surface area contributed by atoms with Crippen LogP contribution in [0.4, 0.5) is 0 Å². The van der Waals surface area contributed by atoms with Crippen molar-refractivity contribution in [1.29, 1.82) is 0 Å². The fourth-order valence-electron chi connectivity index (χ4n) is 8.50. The lowest BCUT2D eigenvalue weighted by Gasteiger charge is -2.21.